The summed E-state index contributed by atoms with van der Waals surface area (Å²) in [6.07, 6.45) is 1.38. The predicted octanol–water partition coefficient (Wildman–Crippen LogP) is 4.21. The van der Waals surface area contributed by atoms with E-state index in [0.29, 0.717) is 5.82 Å². The third-order valence-corrected chi connectivity index (χ3v) is 4.01. The van der Waals surface area contributed by atoms with Crippen molar-refractivity contribution in [2.24, 2.45) is 0 Å². The maximum atomic E-state index is 12.4. The molecule has 0 aliphatic carbocycles. The molecule has 0 aliphatic heterocycles. The second-order valence-corrected chi connectivity index (χ2v) is 6.32. The van der Waals surface area contributed by atoms with E-state index in [-0.39, 0.29) is 24.7 Å². The summed E-state index contributed by atoms with van der Waals surface area (Å²) < 4.78 is 7.75. The van der Waals surface area contributed by atoms with E-state index in [2.05, 4.69) is 10.4 Å². The summed E-state index contributed by atoms with van der Waals surface area (Å²) >= 11 is 0. The molecule has 1 aromatic heterocycles. The highest BCUT2D eigenvalue weighted by molar-refractivity contribution is 5.90. The van der Waals surface area contributed by atoms with Gasteiger partial charge in [-0.1, -0.05) is 60.7 Å². The number of hydrogen-bond donors (Lipinski definition) is 1. The lowest BCUT2D eigenvalue weighted by atomic mass is 10.0. The van der Waals surface area contributed by atoms with Gasteiger partial charge in [-0.15, -0.1) is 0 Å². The number of ether oxygens (including phenoxy) is 1. The third kappa shape index (κ3) is 4.37. The first-order valence-electron chi connectivity index (χ1n) is 8.70. The van der Waals surface area contributed by atoms with Gasteiger partial charge in [-0.25, -0.2) is 4.68 Å². The number of aromatic nitrogens is 2. The number of rotatable bonds is 7. The Labute approximate surface area is 153 Å². The van der Waals surface area contributed by atoms with E-state index in [4.69, 9.17) is 4.74 Å². The van der Waals surface area contributed by atoms with Gasteiger partial charge in [-0.05, 0) is 25.0 Å². The molecule has 0 atom stereocenters. The quantitative estimate of drug-likeness (QED) is 0.695. The van der Waals surface area contributed by atoms with Crippen LogP contribution in [0, 0.1) is 0 Å². The van der Waals surface area contributed by atoms with Gasteiger partial charge >= 0.3 is 0 Å². The summed E-state index contributed by atoms with van der Waals surface area (Å²) in [7, 11) is 0. The highest BCUT2D eigenvalue weighted by Gasteiger charge is 2.17. The van der Waals surface area contributed by atoms with Crippen molar-refractivity contribution in [1.82, 2.24) is 9.78 Å². The molecule has 5 nitrogen and oxygen atoms in total. The number of nitrogens with one attached hydrogen (secondary N) is 1. The molecule has 1 N–H and O–H groups in total. The minimum atomic E-state index is -0.293. The lowest BCUT2D eigenvalue weighted by Crippen LogP contribution is -2.22. The van der Waals surface area contributed by atoms with E-state index in [0.717, 1.165) is 11.1 Å². The molecular weight excluding hydrogens is 326 g/mol. The van der Waals surface area contributed by atoms with E-state index in [1.54, 1.807) is 16.9 Å². The Kier molecular flexibility index (Phi) is 5.81. The minimum absolute atomic E-state index is 0.0439. The zero-order chi connectivity index (χ0) is 18.4. The van der Waals surface area contributed by atoms with Crippen LogP contribution in [0.2, 0.25) is 0 Å². The second-order valence-electron chi connectivity index (χ2n) is 6.32. The van der Waals surface area contributed by atoms with E-state index >= 15 is 0 Å². The molecule has 0 unspecified atom stereocenters. The SMILES string of the molecule is CC(C)n1nccc1NC(=O)COC(c1ccccc1)c1ccccc1. The number of nitrogens with zero attached hydrogens (tertiary/aromatic N) is 2. The van der Waals surface area contributed by atoms with E-state index in [1.807, 2.05) is 74.5 Å². The topological polar surface area (TPSA) is 56.2 Å². The number of amides is 1. The van der Waals surface area contributed by atoms with Crippen LogP contribution in [0.3, 0.4) is 0 Å². The normalized spacial score (nSPS) is 11.1. The molecule has 134 valence electrons. The van der Waals surface area contributed by atoms with E-state index in [9.17, 15) is 4.79 Å². The Morgan fingerprint density at radius 2 is 1.58 bits per heavy atom. The molecule has 0 saturated carbocycles. The van der Waals surface area contributed by atoms with Crippen LogP contribution in [-0.4, -0.2) is 22.3 Å². The van der Waals surface area contributed by atoms with Gasteiger partial charge in [0.05, 0.1) is 6.20 Å². The first-order chi connectivity index (χ1) is 12.6. The van der Waals surface area contributed by atoms with Gasteiger partial charge in [0.25, 0.3) is 5.91 Å². The summed E-state index contributed by atoms with van der Waals surface area (Å²) in [5.74, 6) is 0.467. The molecule has 5 heteroatoms. The third-order valence-electron chi connectivity index (χ3n) is 4.01. The average molecular weight is 349 g/mol. The van der Waals surface area contributed by atoms with Crippen molar-refractivity contribution in [1.29, 1.82) is 0 Å². The van der Waals surface area contributed by atoms with Crippen molar-refractivity contribution in [2.45, 2.75) is 26.0 Å². The maximum absolute atomic E-state index is 12.4. The maximum Gasteiger partial charge on any atom is 0.251 e. The largest absolute Gasteiger partial charge is 0.359 e. The zero-order valence-corrected chi connectivity index (χ0v) is 15.0. The molecule has 3 rings (SSSR count). The highest BCUT2D eigenvalue weighted by Crippen LogP contribution is 2.25. The molecule has 3 aromatic rings. The molecule has 0 saturated heterocycles. The summed E-state index contributed by atoms with van der Waals surface area (Å²) in [5.41, 5.74) is 2.03. The fourth-order valence-electron chi connectivity index (χ4n) is 2.80. The molecule has 0 bridgehead atoms. The van der Waals surface area contributed by atoms with Crippen LogP contribution in [0.25, 0.3) is 0 Å². The monoisotopic (exact) mass is 349 g/mol. The Bertz CT molecular complexity index is 789. The van der Waals surface area contributed by atoms with Crippen molar-refractivity contribution < 1.29 is 9.53 Å². The van der Waals surface area contributed by atoms with Gasteiger partial charge in [-0.2, -0.15) is 5.10 Å². The predicted molar refractivity (Wildman–Crippen MR) is 102 cm³/mol. The Morgan fingerprint density at radius 1 is 1.00 bits per heavy atom. The van der Waals surface area contributed by atoms with Crippen molar-refractivity contribution in [3.05, 3.63) is 84.1 Å². The number of carbonyl (C=O) groups excluding carboxylic acids is 1. The average Bonchev–Trinajstić information content (AvgIpc) is 3.12. The smallest absolute Gasteiger partial charge is 0.251 e. The fourth-order valence-corrected chi connectivity index (χ4v) is 2.80. The van der Waals surface area contributed by atoms with Crippen molar-refractivity contribution in [3.63, 3.8) is 0 Å². The van der Waals surface area contributed by atoms with E-state index < -0.39 is 0 Å². The standard InChI is InChI=1S/C21H23N3O2/c1-16(2)24-19(13-14-22-24)23-20(25)15-26-21(17-9-5-3-6-10-17)18-11-7-4-8-12-18/h3-14,16,21H,15H2,1-2H3,(H,23,25). The first-order valence-corrected chi connectivity index (χ1v) is 8.70. The summed E-state index contributed by atoms with van der Waals surface area (Å²) in [6.45, 7) is 3.98. The number of anilines is 1. The molecule has 0 spiro atoms. The van der Waals surface area contributed by atoms with Gasteiger partial charge < -0.3 is 10.1 Å². The van der Waals surface area contributed by atoms with Crippen molar-refractivity contribution in [2.75, 3.05) is 11.9 Å². The van der Waals surface area contributed by atoms with Crippen LogP contribution in [-0.2, 0) is 9.53 Å². The summed E-state index contributed by atoms with van der Waals surface area (Å²) in [4.78, 5) is 12.4. The van der Waals surface area contributed by atoms with Crippen LogP contribution in [0.1, 0.15) is 37.1 Å². The second kappa shape index (κ2) is 8.45. The van der Waals surface area contributed by atoms with E-state index in [1.165, 1.54) is 0 Å². The molecule has 1 heterocycles. The minimum Gasteiger partial charge on any atom is -0.359 e. The first kappa shape index (κ1) is 17.9. The summed E-state index contributed by atoms with van der Waals surface area (Å²) in [6, 6.07) is 21.8. The lowest BCUT2D eigenvalue weighted by molar-refractivity contribution is -0.122. The summed E-state index contributed by atoms with van der Waals surface area (Å²) in [5, 5.41) is 7.09. The van der Waals surface area contributed by atoms with Crippen LogP contribution in [0.5, 0.6) is 0 Å². The van der Waals surface area contributed by atoms with Gasteiger partial charge in [0.1, 0.15) is 18.5 Å². The molecule has 26 heavy (non-hydrogen) atoms. The van der Waals surface area contributed by atoms with Gasteiger partial charge in [0.15, 0.2) is 0 Å². The van der Waals surface area contributed by atoms with Gasteiger partial charge in [0, 0.05) is 12.1 Å². The molecule has 0 fully saturated rings. The Hall–Kier alpha value is -2.92. The van der Waals surface area contributed by atoms with Crippen molar-refractivity contribution >= 4 is 11.7 Å². The molecular formula is C21H23N3O2. The zero-order valence-electron chi connectivity index (χ0n) is 15.0. The highest BCUT2D eigenvalue weighted by atomic mass is 16.5. The van der Waals surface area contributed by atoms with Crippen LogP contribution < -0.4 is 5.32 Å². The van der Waals surface area contributed by atoms with Crippen LogP contribution in [0.4, 0.5) is 5.82 Å². The molecule has 0 radical (unpaired) electrons. The van der Waals surface area contributed by atoms with Gasteiger partial charge in [0.2, 0.25) is 0 Å². The molecule has 1 amide bonds. The lowest BCUT2D eigenvalue weighted by Gasteiger charge is -2.19. The Morgan fingerprint density at radius 3 is 2.12 bits per heavy atom. The Balaban J connectivity index is 1.70. The van der Waals surface area contributed by atoms with Crippen molar-refractivity contribution in [3.8, 4) is 0 Å². The molecule has 2 aromatic carbocycles. The molecule has 0 aliphatic rings. The van der Waals surface area contributed by atoms with Crippen LogP contribution in [0.15, 0.2) is 72.9 Å². The van der Waals surface area contributed by atoms with Gasteiger partial charge in [-0.3, -0.25) is 4.79 Å². The number of carbonyl (C=O) groups is 1. The number of hydrogen-bond acceptors (Lipinski definition) is 3. The fraction of sp³-hybridized carbons (Fsp3) is 0.238. The van der Waals surface area contributed by atoms with Crippen LogP contribution >= 0.6 is 0 Å². The number of benzene rings is 2.